The monoisotopic (exact) mass is 289 g/mol. The Morgan fingerprint density at radius 3 is 3.13 bits per heavy atom. The molecule has 0 aliphatic carbocycles. The Morgan fingerprint density at radius 1 is 1.73 bits per heavy atom. The summed E-state index contributed by atoms with van der Waals surface area (Å²) < 4.78 is 2.95. The quantitative estimate of drug-likeness (QED) is 0.665. The third-order valence-electron chi connectivity index (χ3n) is 2.51. The van der Waals surface area contributed by atoms with E-state index < -0.39 is 0 Å². The number of halogens is 2. The number of alkyl halides is 1. The van der Waals surface area contributed by atoms with Crippen molar-refractivity contribution in [3.8, 4) is 0 Å². The van der Waals surface area contributed by atoms with E-state index in [1.165, 1.54) is 11.3 Å². The first-order valence-electron chi connectivity index (χ1n) is 4.87. The van der Waals surface area contributed by atoms with E-state index in [0.29, 0.717) is 0 Å². The largest absolute Gasteiger partial charge is 0.311 e. The van der Waals surface area contributed by atoms with Gasteiger partial charge in [-0.1, -0.05) is 11.6 Å². The molecule has 3 nitrogen and oxygen atoms in total. The third kappa shape index (κ3) is 2.62. The zero-order chi connectivity index (χ0) is 10.8. The van der Waals surface area contributed by atoms with E-state index in [1.807, 2.05) is 17.9 Å². The van der Waals surface area contributed by atoms with Gasteiger partial charge >= 0.3 is 0 Å². The van der Waals surface area contributed by atoms with E-state index in [0.717, 1.165) is 24.0 Å². The van der Waals surface area contributed by atoms with Crippen molar-refractivity contribution in [2.45, 2.75) is 11.8 Å². The molecule has 0 fully saturated rings. The molecule has 0 saturated heterocycles. The van der Waals surface area contributed by atoms with Crippen LogP contribution in [0.15, 0.2) is 22.3 Å². The minimum Gasteiger partial charge on any atom is -0.311 e. The number of nitrogens with zero attached hydrogens (tertiary/aromatic N) is 2. The van der Waals surface area contributed by atoms with Crippen LogP contribution in [0.4, 0.5) is 0 Å². The molecule has 0 spiro atoms. The van der Waals surface area contributed by atoms with E-state index in [9.17, 15) is 0 Å². The molecule has 1 aliphatic rings. The number of rotatable bonds is 2. The molecule has 1 aromatic rings. The molecule has 0 amide bonds. The van der Waals surface area contributed by atoms with Crippen LogP contribution in [0.2, 0.25) is 0 Å². The molecule has 1 unspecified atom stereocenters. The molecule has 1 N–H and O–H groups in total. The van der Waals surface area contributed by atoms with Crippen molar-refractivity contribution in [2.75, 3.05) is 13.1 Å². The maximum Gasteiger partial charge on any atom is 0.0643 e. The Bertz CT molecular complexity index is 367. The van der Waals surface area contributed by atoms with E-state index in [4.69, 9.17) is 11.6 Å². The van der Waals surface area contributed by atoms with Gasteiger partial charge in [0.2, 0.25) is 0 Å². The van der Waals surface area contributed by atoms with Crippen molar-refractivity contribution in [3.05, 3.63) is 28.0 Å². The van der Waals surface area contributed by atoms with Gasteiger partial charge in [-0.25, -0.2) is 0 Å². The molecule has 2 heterocycles. The number of hydrogen-bond donors (Lipinski definition) is 1. The lowest BCUT2D eigenvalue weighted by Gasteiger charge is -2.18. The fourth-order valence-electron chi connectivity index (χ4n) is 1.72. The van der Waals surface area contributed by atoms with Crippen molar-refractivity contribution in [1.82, 2.24) is 15.1 Å². The van der Waals surface area contributed by atoms with Crippen LogP contribution in [-0.4, -0.2) is 28.2 Å². The Balaban J connectivity index is 2.15. The van der Waals surface area contributed by atoms with E-state index in [2.05, 4.69) is 32.4 Å². The summed E-state index contributed by atoms with van der Waals surface area (Å²) in [5.41, 5.74) is 2.51. The van der Waals surface area contributed by atoms with Gasteiger partial charge in [0.25, 0.3) is 0 Å². The van der Waals surface area contributed by atoms with Crippen LogP contribution in [0, 0.1) is 0 Å². The summed E-state index contributed by atoms with van der Waals surface area (Å²) in [6.45, 7) is 1.78. The molecular formula is C10H13BrClN3. The lowest BCUT2D eigenvalue weighted by molar-refractivity contribution is 0.671. The summed E-state index contributed by atoms with van der Waals surface area (Å²) in [4.78, 5) is 0. The van der Waals surface area contributed by atoms with Crippen molar-refractivity contribution in [3.63, 3.8) is 0 Å². The fourth-order valence-corrected chi connectivity index (χ4v) is 2.49. The third-order valence-corrected chi connectivity index (χ3v) is 3.46. The first-order valence-corrected chi connectivity index (χ1v) is 6.10. The molecular weight excluding hydrogens is 277 g/mol. The number of aryl methyl sites for hydroxylation is 1. The molecule has 1 atom stereocenters. The van der Waals surface area contributed by atoms with Crippen molar-refractivity contribution in [2.24, 2.45) is 7.05 Å². The van der Waals surface area contributed by atoms with Gasteiger partial charge in [-0.3, -0.25) is 4.68 Å². The predicted molar refractivity (Wildman–Crippen MR) is 65.2 cm³/mol. The normalized spacial score (nSPS) is 21.5. The lowest BCUT2D eigenvalue weighted by atomic mass is 10.1. The SMILES string of the molecule is Cn1ncc(Br)c1CC1=CC(Cl)CNC1. The van der Waals surface area contributed by atoms with Gasteiger partial charge in [0.05, 0.1) is 21.7 Å². The summed E-state index contributed by atoms with van der Waals surface area (Å²) in [6, 6.07) is 0. The minimum atomic E-state index is 0.112. The van der Waals surface area contributed by atoms with Gasteiger partial charge in [0.1, 0.15) is 0 Å². The predicted octanol–water partition coefficient (Wildman–Crippen LogP) is 1.86. The van der Waals surface area contributed by atoms with Crippen molar-refractivity contribution >= 4 is 27.5 Å². The van der Waals surface area contributed by atoms with Crippen LogP contribution in [0.5, 0.6) is 0 Å². The maximum atomic E-state index is 6.06. The maximum absolute atomic E-state index is 6.06. The molecule has 0 aromatic carbocycles. The second-order valence-corrected chi connectivity index (χ2v) is 5.13. The highest BCUT2D eigenvalue weighted by Gasteiger charge is 2.13. The summed E-state index contributed by atoms with van der Waals surface area (Å²) in [6.07, 6.45) is 4.86. The second-order valence-electron chi connectivity index (χ2n) is 3.71. The summed E-state index contributed by atoms with van der Waals surface area (Å²) in [5.74, 6) is 0. The van der Waals surface area contributed by atoms with Gasteiger partial charge in [-0.15, -0.1) is 11.6 Å². The van der Waals surface area contributed by atoms with Crippen LogP contribution in [-0.2, 0) is 13.5 Å². The van der Waals surface area contributed by atoms with Crippen molar-refractivity contribution in [1.29, 1.82) is 0 Å². The molecule has 0 radical (unpaired) electrons. The zero-order valence-electron chi connectivity index (χ0n) is 8.50. The Hall–Kier alpha value is -0.320. The van der Waals surface area contributed by atoms with Crippen LogP contribution < -0.4 is 5.32 Å². The van der Waals surface area contributed by atoms with E-state index in [-0.39, 0.29) is 5.38 Å². The van der Waals surface area contributed by atoms with Crippen LogP contribution in [0.25, 0.3) is 0 Å². The molecule has 2 rings (SSSR count). The van der Waals surface area contributed by atoms with Gasteiger partial charge in [-0.2, -0.15) is 5.10 Å². The smallest absolute Gasteiger partial charge is 0.0643 e. The van der Waals surface area contributed by atoms with Crippen LogP contribution >= 0.6 is 27.5 Å². The average molecular weight is 291 g/mol. The molecule has 5 heteroatoms. The molecule has 0 saturated carbocycles. The van der Waals surface area contributed by atoms with Crippen LogP contribution in [0.3, 0.4) is 0 Å². The molecule has 0 bridgehead atoms. The first kappa shape index (κ1) is 11.2. The van der Waals surface area contributed by atoms with Gasteiger partial charge in [0.15, 0.2) is 0 Å². The highest BCUT2D eigenvalue weighted by Crippen LogP contribution is 2.20. The highest BCUT2D eigenvalue weighted by atomic mass is 79.9. The Morgan fingerprint density at radius 2 is 2.53 bits per heavy atom. The second kappa shape index (κ2) is 4.68. The molecule has 1 aromatic heterocycles. The van der Waals surface area contributed by atoms with Crippen LogP contribution in [0.1, 0.15) is 5.69 Å². The minimum absolute atomic E-state index is 0.112. The number of nitrogens with one attached hydrogen (secondary N) is 1. The fraction of sp³-hybridized carbons (Fsp3) is 0.500. The van der Waals surface area contributed by atoms with Crippen molar-refractivity contribution < 1.29 is 0 Å². The Labute approximate surface area is 103 Å². The Kier molecular flexibility index (Phi) is 3.49. The van der Waals surface area contributed by atoms with E-state index >= 15 is 0 Å². The van der Waals surface area contributed by atoms with Gasteiger partial charge < -0.3 is 5.32 Å². The lowest BCUT2D eigenvalue weighted by Crippen LogP contribution is -2.30. The van der Waals surface area contributed by atoms with E-state index in [1.54, 1.807) is 0 Å². The summed E-state index contributed by atoms with van der Waals surface area (Å²) in [7, 11) is 1.95. The van der Waals surface area contributed by atoms with Gasteiger partial charge in [0, 0.05) is 26.6 Å². The number of hydrogen-bond acceptors (Lipinski definition) is 2. The first-order chi connectivity index (χ1) is 7.16. The summed E-state index contributed by atoms with van der Waals surface area (Å²) >= 11 is 9.55. The summed E-state index contributed by atoms with van der Waals surface area (Å²) in [5, 5.41) is 7.59. The molecule has 82 valence electrons. The zero-order valence-corrected chi connectivity index (χ0v) is 10.8. The highest BCUT2D eigenvalue weighted by molar-refractivity contribution is 9.10. The number of aromatic nitrogens is 2. The average Bonchev–Trinajstić information content (AvgIpc) is 2.50. The molecule has 15 heavy (non-hydrogen) atoms. The molecule has 1 aliphatic heterocycles. The topological polar surface area (TPSA) is 29.9 Å². The van der Waals surface area contributed by atoms with Gasteiger partial charge in [-0.05, 0) is 15.9 Å². The standard InChI is InChI=1S/C10H13BrClN3/c1-15-10(9(11)6-14-15)3-7-2-8(12)5-13-4-7/h2,6,8,13H,3-5H2,1H3.